The number of hydrogen-bond donors (Lipinski definition) is 2. The maximum Gasteiger partial charge on any atom is 0.387 e. The first-order valence-electron chi connectivity index (χ1n) is 8.36. The third-order valence-electron chi connectivity index (χ3n) is 3.71. The van der Waals surface area contributed by atoms with E-state index < -0.39 is 12.5 Å². The van der Waals surface area contributed by atoms with Crippen LogP contribution < -0.4 is 20.1 Å². The van der Waals surface area contributed by atoms with Gasteiger partial charge >= 0.3 is 6.61 Å². The topological polar surface area (TPSA) is 85.9 Å². The minimum Gasteiger partial charge on any atom is -0.493 e. The predicted octanol–water partition coefficient (Wildman–Crippen LogP) is 3.58. The number of rotatable bonds is 9. The van der Waals surface area contributed by atoms with Gasteiger partial charge in [-0.1, -0.05) is 11.6 Å². The molecule has 156 valence electrons. The number of alkyl halides is 2. The van der Waals surface area contributed by atoms with Crippen molar-refractivity contribution in [2.45, 2.75) is 6.61 Å². The number of amides is 2. The van der Waals surface area contributed by atoms with Gasteiger partial charge in [-0.15, -0.1) is 0 Å². The number of ether oxygens (including phenoxy) is 3. The van der Waals surface area contributed by atoms with Crippen molar-refractivity contribution in [1.29, 1.82) is 0 Å². The Kier molecular flexibility index (Phi) is 8.17. The molecule has 0 fully saturated rings. The van der Waals surface area contributed by atoms with Crippen LogP contribution in [0.25, 0.3) is 0 Å². The van der Waals surface area contributed by atoms with E-state index in [0.29, 0.717) is 18.8 Å². The lowest BCUT2D eigenvalue weighted by atomic mass is 10.1. The van der Waals surface area contributed by atoms with Crippen molar-refractivity contribution in [1.82, 2.24) is 5.32 Å². The highest BCUT2D eigenvalue weighted by Gasteiger charge is 2.16. The highest BCUT2D eigenvalue weighted by molar-refractivity contribution is 6.34. The normalized spacial score (nSPS) is 10.6. The highest BCUT2D eigenvalue weighted by Crippen LogP contribution is 2.30. The number of hydrogen-bond acceptors (Lipinski definition) is 5. The molecule has 2 amide bonds. The van der Waals surface area contributed by atoms with Gasteiger partial charge in [-0.25, -0.2) is 0 Å². The molecule has 0 atom stereocenters. The van der Waals surface area contributed by atoms with Crippen LogP contribution in [-0.2, 0) is 4.74 Å². The molecule has 29 heavy (non-hydrogen) atoms. The van der Waals surface area contributed by atoms with Crippen LogP contribution in [-0.4, -0.2) is 45.8 Å². The number of methoxy groups -OCH3 is 2. The summed E-state index contributed by atoms with van der Waals surface area (Å²) in [4.78, 5) is 24.5. The van der Waals surface area contributed by atoms with Gasteiger partial charge in [-0.05, 0) is 36.4 Å². The zero-order valence-electron chi connectivity index (χ0n) is 15.6. The van der Waals surface area contributed by atoms with Gasteiger partial charge < -0.3 is 24.8 Å². The van der Waals surface area contributed by atoms with E-state index in [1.54, 1.807) is 0 Å². The molecule has 0 saturated carbocycles. The average Bonchev–Trinajstić information content (AvgIpc) is 2.68. The Morgan fingerprint density at radius 2 is 1.83 bits per heavy atom. The standard InChI is InChI=1S/C19H19ClF2N2O5/c1-27-8-7-23-18(26)13-5-4-12(10-14(13)20)24-17(25)11-3-6-15(29-19(21)22)16(9-11)28-2/h3-6,9-10,19H,7-8H2,1-2H3,(H,23,26)(H,24,25). The fourth-order valence-electron chi connectivity index (χ4n) is 2.34. The van der Waals surface area contributed by atoms with Gasteiger partial charge in [0.15, 0.2) is 11.5 Å². The van der Waals surface area contributed by atoms with Gasteiger partial charge in [-0.3, -0.25) is 9.59 Å². The molecule has 0 saturated heterocycles. The molecule has 0 aromatic heterocycles. The van der Waals surface area contributed by atoms with Crippen LogP contribution in [0, 0.1) is 0 Å². The molecule has 0 unspecified atom stereocenters. The zero-order chi connectivity index (χ0) is 21.4. The van der Waals surface area contributed by atoms with E-state index in [4.69, 9.17) is 21.1 Å². The Bertz CT molecular complexity index is 880. The second-order valence-electron chi connectivity index (χ2n) is 5.64. The highest BCUT2D eigenvalue weighted by atomic mass is 35.5. The fourth-order valence-corrected chi connectivity index (χ4v) is 2.61. The van der Waals surface area contributed by atoms with Crippen LogP contribution in [0.3, 0.4) is 0 Å². The van der Waals surface area contributed by atoms with E-state index in [1.165, 1.54) is 50.6 Å². The molecule has 0 heterocycles. The largest absolute Gasteiger partial charge is 0.493 e. The Labute approximate surface area is 170 Å². The molecule has 10 heteroatoms. The van der Waals surface area contributed by atoms with Crippen molar-refractivity contribution in [2.24, 2.45) is 0 Å². The maximum absolute atomic E-state index is 12.4. The Morgan fingerprint density at radius 3 is 2.45 bits per heavy atom. The van der Waals surface area contributed by atoms with Gasteiger partial charge in [0.25, 0.3) is 11.8 Å². The summed E-state index contributed by atoms with van der Waals surface area (Å²) in [6.45, 7) is -2.32. The molecule has 0 aliphatic heterocycles. The van der Waals surface area contributed by atoms with Gasteiger partial charge in [0.1, 0.15) is 0 Å². The summed E-state index contributed by atoms with van der Waals surface area (Å²) in [6.07, 6.45) is 0. The van der Waals surface area contributed by atoms with Crippen LogP contribution in [0.5, 0.6) is 11.5 Å². The van der Waals surface area contributed by atoms with Gasteiger partial charge in [-0.2, -0.15) is 8.78 Å². The van der Waals surface area contributed by atoms with Crippen LogP contribution in [0.15, 0.2) is 36.4 Å². The molecule has 2 rings (SSSR count). The smallest absolute Gasteiger partial charge is 0.387 e. The monoisotopic (exact) mass is 428 g/mol. The zero-order valence-corrected chi connectivity index (χ0v) is 16.4. The van der Waals surface area contributed by atoms with Crippen molar-refractivity contribution in [3.05, 3.63) is 52.5 Å². The Hall–Kier alpha value is -2.91. The van der Waals surface area contributed by atoms with Crippen molar-refractivity contribution in [3.8, 4) is 11.5 Å². The van der Waals surface area contributed by atoms with Crippen molar-refractivity contribution in [2.75, 3.05) is 32.7 Å². The van der Waals surface area contributed by atoms with E-state index in [1.807, 2.05) is 0 Å². The number of carbonyl (C=O) groups excluding carboxylic acids is 2. The summed E-state index contributed by atoms with van der Waals surface area (Å²) >= 11 is 6.13. The molecule has 0 aliphatic rings. The number of halogens is 3. The second kappa shape index (κ2) is 10.6. The number of carbonyl (C=O) groups is 2. The SMILES string of the molecule is COCCNC(=O)c1ccc(NC(=O)c2ccc(OC(F)F)c(OC)c2)cc1Cl. The molecule has 0 aliphatic carbocycles. The third-order valence-corrected chi connectivity index (χ3v) is 4.02. The third kappa shape index (κ3) is 6.30. The summed E-state index contributed by atoms with van der Waals surface area (Å²) in [6, 6.07) is 8.21. The van der Waals surface area contributed by atoms with Gasteiger partial charge in [0.2, 0.25) is 0 Å². The van der Waals surface area contributed by atoms with Crippen LogP contribution in [0.4, 0.5) is 14.5 Å². The van der Waals surface area contributed by atoms with Crippen LogP contribution >= 0.6 is 11.6 Å². The first-order chi connectivity index (χ1) is 13.8. The van der Waals surface area contributed by atoms with E-state index >= 15 is 0 Å². The van der Waals surface area contributed by atoms with Crippen LogP contribution in [0.1, 0.15) is 20.7 Å². The molecule has 0 spiro atoms. The van der Waals surface area contributed by atoms with E-state index in [2.05, 4.69) is 15.4 Å². The second-order valence-corrected chi connectivity index (χ2v) is 6.05. The minimum atomic E-state index is -3.02. The summed E-state index contributed by atoms with van der Waals surface area (Å²) in [5.74, 6) is -1.10. The van der Waals surface area contributed by atoms with Crippen LogP contribution in [0.2, 0.25) is 5.02 Å². The molecule has 2 N–H and O–H groups in total. The summed E-state index contributed by atoms with van der Waals surface area (Å²) in [5, 5.41) is 5.40. The Balaban J connectivity index is 2.10. The van der Waals surface area contributed by atoms with Crippen molar-refractivity contribution >= 4 is 29.1 Å². The first kappa shape index (κ1) is 22.4. The molecular weight excluding hydrogens is 410 g/mol. The molecule has 7 nitrogen and oxygen atoms in total. The molecule has 0 bridgehead atoms. The quantitative estimate of drug-likeness (QED) is 0.596. The Morgan fingerprint density at radius 1 is 1.07 bits per heavy atom. The number of anilines is 1. The first-order valence-corrected chi connectivity index (χ1v) is 8.74. The minimum absolute atomic E-state index is 0.0148. The van der Waals surface area contributed by atoms with Gasteiger partial charge in [0.05, 0.1) is 24.3 Å². The lowest BCUT2D eigenvalue weighted by Gasteiger charge is -2.12. The fraction of sp³-hybridized carbons (Fsp3) is 0.263. The average molecular weight is 429 g/mol. The van der Waals surface area contributed by atoms with E-state index in [0.717, 1.165) is 0 Å². The molecule has 2 aromatic carbocycles. The summed E-state index contributed by atoms with van der Waals surface area (Å²) in [5.41, 5.74) is 0.747. The van der Waals surface area contributed by atoms with Gasteiger partial charge in [0, 0.05) is 24.9 Å². The maximum atomic E-state index is 12.4. The molecule has 2 aromatic rings. The lowest BCUT2D eigenvalue weighted by molar-refractivity contribution is -0.0512. The summed E-state index contributed by atoms with van der Waals surface area (Å²) < 4.78 is 38.9. The van der Waals surface area contributed by atoms with Crippen molar-refractivity contribution < 1.29 is 32.6 Å². The van der Waals surface area contributed by atoms with E-state index in [-0.39, 0.29) is 33.6 Å². The summed E-state index contributed by atoms with van der Waals surface area (Å²) in [7, 11) is 2.79. The van der Waals surface area contributed by atoms with E-state index in [9.17, 15) is 18.4 Å². The molecule has 0 radical (unpaired) electrons. The number of benzene rings is 2. The van der Waals surface area contributed by atoms with Crippen molar-refractivity contribution in [3.63, 3.8) is 0 Å². The predicted molar refractivity (Wildman–Crippen MR) is 103 cm³/mol. The lowest BCUT2D eigenvalue weighted by Crippen LogP contribution is -2.27. The molecular formula is C19H19ClF2N2O5. The number of nitrogens with one attached hydrogen (secondary N) is 2.